The molecule has 1 unspecified atom stereocenters. The van der Waals surface area contributed by atoms with E-state index in [0.717, 1.165) is 30.3 Å². The first kappa shape index (κ1) is 12.0. The molecule has 1 atom stereocenters. The van der Waals surface area contributed by atoms with E-state index in [2.05, 4.69) is 0 Å². The summed E-state index contributed by atoms with van der Waals surface area (Å²) < 4.78 is 5.17. The van der Waals surface area contributed by atoms with Gasteiger partial charge in [-0.15, -0.1) is 0 Å². The molecule has 84 valence electrons. The van der Waals surface area contributed by atoms with Crippen molar-refractivity contribution in [3.63, 3.8) is 0 Å². The number of carbonyl (C=O) groups excluding carboxylic acids is 2. The van der Waals surface area contributed by atoms with Crippen molar-refractivity contribution in [1.29, 1.82) is 0 Å². The molecule has 0 amide bonds. The van der Waals surface area contributed by atoms with Crippen LogP contribution in [0.1, 0.15) is 40.5 Å². The smallest absolute Gasteiger partial charge is 0.303 e. The Morgan fingerprint density at radius 2 is 2.13 bits per heavy atom. The average molecular weight is 210 g/mol. The quantitative estimate of drug-likeness (QED) is 0.518. The highest BCUT2D eigenvalue weighted by molar-refractivity contribution is 5.77. The molecule has 0 aromatic rings. The molecule has 3 heteroatoms. The highest BCUT2D eigenvalue weighted by atomic mass is 16.5. The van der Waals surface area contributed by atoms with E-state index in [1.165, 1.54) is 6.92 Å². The molecule has 1 rings (SSSR count). The predicted molar refractivity (Wildman–Crippen MR) is 57.3 cm³/mol. The Bertz CT molecular complexity index is 313. The van der Waals surface area contributed by atoms with E-state index in [9.17, 15) is 9.59 Å². The fraction of sp³-hybridized carbons (Fsp3) is 0.667. The van der Waals surface area contributed by atoms with Crippen LogP contribution in [0.4, 0.5) is 0 Å². The van der Waals surface area contributed by atoms with Gasteiger partial charge in [0.15, 0.2) is 0 Å². The molecule has 0 heterocycles. The molecule has 3 nitrogen and oxygen atoms in total. The van der Waals surface area contributed by atoms with Gasteiger partial charge in [0.2, 0.25) is 0 Å². The van der Waals surface area contributed by atoms with E-state index in [1.54, 1.807) is 0 Å². The van der Waals surface area contributed by atoms with Gasteiger partial charge >= 0.3 is 5.97 Å². The molecule has 0 saturated carbocycles. The van der Waals surface area contributed by atoms with Crippen LogP contribution in [0.5, 0.6) is 0 Å². The van der Waals surface area contributed by atoms with Crippen LogP contribution in [0.25, 0.3) is 0 Å². The molecule has 15 heavy (non-hydrogen) atoms. The Balaban J connectivity index is 2.99. The zero-order chi connectivity index (χ0) is 11.6. The number of ether oxygens (including phenoxy) is 1. The van der Waals surface area contributed by atoms with Crippen LogP contribution in [-0.4, -0.2) is 18.4 Å². The van der Waals surface area contributed by atoms with Gasteiger partial charge in [-0.05, 0) is 30.8 Å². The minimum absolute atomic E-state index is 0.0948. The molecule has 0 aromatic carbocycles. The van der Waals surface area contributed by atoms with Gasteiger partial charge in [0.1, 0.15) is 12.4 Å². The molecule has 0 saturated heterocycles. The highest BCUT2D eigenvalue weighted by Gasteiger charge is 2.34. The zero-order valence-corrected chi connectivity index (χ0v) is 9.79. The molecule has 0 aromatic heterocycles. The van der Waals surface area contributed by atoms with Gasteiger partial charge in [-0.3, -0.25) is 9.59 Å². The van der Waals surface area contributed by atoms with Crippen molar-refractivity contribution >= 4 is 12.3 Å². The van der Waals surface area contributed by atoms with Crippen molar-refractivity contribution in [1.82, 2.24) is 0 Å². The minimum Gasteiger partial charge on any atom is -0.458 e. The first-order valence-corrected chi connectivity index (χ1v) is 5.22. The number of rotatable bonds is 2. The maximum absolute atomic E-state index is 11.0. The normalized spacial score (nSPS) is 24.9. The molecule has 1 aliphatic carbocycles. The van der Waals surface area contributed by atoms with Crippen LogP contribution in [0.2, 0.25) is 0 Å². The van der Waals surface area contributed by atoms with Gasteiger partial charge in [-0.25, -0.2) is 0 Å². The number of esters is 1. The summed E-state index contributed by atoms with van der Waals surface area (Å²) in [4.78, 5) is 21.9. The predicted octanol–water partition coefficient (Wildman–Crippen LogP) is 2.25. The van der Waals surface area contributed by atoms with Crippen LogP contribution in [0.3, 0.4) is 0 Å². The highest BCUT2D eigenvalue weighted by Crippen LogP contribution is 2.39. The second-order valence-electron chi connectivity index (χ2n) is 4.74. The summed E-state index contributed by atoms with van der Waals surface area (Å²) in [5.74, 6) is -0.288. The topological polar surface area (TPSA) is 43.4 Å². The molecule has 1 aliphatic rings. The first-order valence-electron chi connectivity index (χ1n) is 5.22. The van der Waals surface area contributed by atoms with Gasteiger partial charge in [0.25, 0.3) is 0 Å². The molecule has 0 fully saturated rings. The lowest BCUT2D eigenvalue weighted by atomic mass is 9.72. The number of aldehydes is 1. The fourth-order valence-corrected chi connectivity index (χ4v) is 2.15. The van der Waals surface area contributed by atoms with Gasteiger partial charge in [-0.2, -0.15) is 0 Å². The summed E-state index contributed by atoms with van der Waals surface area (Å²) in [6.45, 7) is 7.36. The molecule has 0 radical (unpaired) electrons. The third-order valence-electron chi connectivity index (χ3n) is 3.09. The third kappa shape index (κ3) is 2.46. The lowest BCUT2D eigenvalue weighted by Crippen LogP contribution is -2.31. The van der Waals surface area contributed by atoms with E-state index in [1.807, 2.05) is 20.8 Å². The zero-order valence-electron chi connectivity index (χ0n) is 9.79. The van der Waals surface area contributed by atoms with E-state index in [-0.39, 0.29) is 17.5 Å². The van der Waals surface area contributed by atoms with Crippen molar-refractivity contribution in [3.05, 3.63) is 11.1 Å². The first-order chi connectivity index (χ1) is 6.88. The van der Waals surface area contributed by atoms with Gasteiger partial charge in [0.05, 0.1) is 0 Å². The summed E-state index contributed by atoms with van der Waals surface area (Å²) in [6, 6.07) is 0. The average Bonchev–Trinajstić information content (AvgIpc) is 2.10. The summed E-state index contributed by atoms with van der Waals surface area (Å²) in [7, 11) is 0. The summed E-state index contributed by atoms with van der Waals surface area (Å²) in [6.07, 6.45) is 2.35. The van der Waals surface area contributed by atoms with Crippen LogP contribution in [0, 0.1) is 5.41 Å². The Hall–Kier alpha value is -1.12. The Kier molecular flexibility index (Phi) is 3.32. The van der Waals surface area contributed by atoms with Crippen molar-refractivity contribution in [2.24, 2.45) is 5.41 Å². The maximum Gasteiger partial charge on any atom is 0.303 e. The molecule has 0 aliphatic heterocycles. The van der Waals surface area contributed by atoms with Crippen molar-refractivity contribution in [2.45, 2.75) is 46.6 Å². The number of carbonyl (C=O) groups is 2. The van der Waals surface area contributed by atoms with Crippen LogP contribution in [-0.2, 0) is 14.3 Å². The third-order valence-corrected chi connectivity index (χ3v) is 3.09. The summed E-state index contributed by atoms with van der Waals surface area (Å²) in [5, 5.41) is 0. The SMILES string of the molecule is CC(=O)OC1CCC(C)(C)C(C=O)=C1C. The number of allylic oxidation sites excluding steroid dienone is 1. The molecule has 0 N–H and O–H groups in total. The van der Waals surface area contributed by atoms with Crippen LogP contribution >= 0.6 is 0 Å². The molecule has 0 bridgehead atoms. The largest absolute Gasteiger partial charge is 0.458 e. The Labute approximate surface area is 90.5 Å². The lowest BCUT2D eigenvalue weighted by molar-refractivity contribution is -0.145. The summed E-state index contributed by atoms with van der Waals surface area (Å²) >= 11 is 0. The maximum atomic E-state index is 11.0. The van der Waals surface area contributed by atoms with Crippen LogP contribution in [0.15, 0.2) is 11.1 Å². The Morgan fingerprint density at radius 1 is 1.53 bits per heavy atom. The van der Waals surface area contributed by atoms with E-state index >= 15 is 0 Å². The van der Waals surface area contributed by atoms with E-state index in [4.69, 9.17) is 4.74 Å². The molecule has 0 spiro atoms. The fourth-order valence-electron chi connectivity index (χ4n) is 2.15. The minimum atomic E-state index is -0.288. The number of hydrogen-bond donors (Lipinski definition) is 0. The van der Waals surface area contributed by atoms with Gasteiger partial charge in [-0.1, -0.05) is 13.8 Å². The van der Waals surface area contributed by atoms with Gasteiger partial charge in [0, 0.05) is 12.5 Å². The summed E-state index contributed by atoms with van der Waals surface area (Å²) in [5.41, 5.74) is 1.58. The van der Waals surface area contributed by atoms with Crippen molar-refractivity contribution in [3.8, 4) is 0 Å². The standard InChI is InChI=1S/C12H18O3/c1-8-10(7-13)12(3,4)6-5-11(8)15-9(2)14/h7,11H,5-6H2,1-4H3. The second kappa shape index (κ2) is 4.17. The van der Waals surface area contributed by atoms with E-state index in [0.29, 0.717) is 0 Å². The van der Waals surface area contributed by atoms with E-state index < -0.39 is 0 Å². The molecular formula is C12H18O3. The van der Waals surface area contributed by atoms with Crippen molar-refractivity contribution < 1.29 is 14.3 Å². The van der Waals surface area contributed by atoms with Crippen LogP contribution < -0.4 is 0 Å². The molecular weight excluding hydrogens is 192 g/mol. The van der Waals surface area contributed by atoms with Crippen molar-refractivity contribution in [2.75, 3.05) is 0 Å². The van der Waals surface area contributed by atoms with Gasteiger partial charge < -0.3 is 4.74 Å². The second-order valence-corrected chi connectivity index (χ2v) is 4.74. The Morgan fingerprint density at radius 3 is 2.60 bits per heavy atom. The monoisotopic (exact) mass is 210 g/mol. The lowest BCUT2D eigenvalue weighted by Gasteiger charge is -2.35. The number of hydrogen-bond acceptors (Lipinski definition) is 3.